The quantitative estimate of drug-likeness (QED) is 0.0234. The van der Waals surface area contributed by atoms with E-state index in [1.54, 1.807) is 0 Å². The molecular weight excluding hydrogens is 792 g/mol. The summed E-state index contributed by atoms with van der Waals surface area (Å²) in [5.74, 6) is -1.04. The highest BCUT2D eigenvalue weighted by Crippen LogP contribution is 2.43. The molecule has 3 atom stereocenters. The van der Waals surface area contributed by atoms with Crippen LogP contribution in [0, 0.1) is 0 Å². The van der Waals surface area contributed by atoms with Gasteiger partial charge in [0.1, 0.15) is 12.2 Å². The number of allylic oxidation sites excluding steroid dienone is 12. The maximum Gasteiger partial charge on any atom is 0.472 e. The number of aliphatic hydroxyl groups is 2. The van der Waals surface area contributed by atoms with Crippen LogP contribution >= 0.6 is 7.82 Å². The number of ether oxygens (including phenoxy) is 2. The number of esters is 2. The minimum absolute atomic E-state index is 0.179. The molecule has 0 aromatic heterocycles. The topological polar surface area (TPSA) is 149 Å². The monoisotopic (exact) mass is 879 g/mol. The molecule has 0 aromatic carbocycles. The largest absolute Gasteiger partial charge is 0.472 e. The normalized spacial score (nSPS) is 14.4. The fourth-order valence-electron chi connectivity index (χ4n) is 6.25. The Morgan fingerprint density at radius 2 is 0.770 bits per heavy atom. The zero-order valence-corrected chi connectivity index (χ0v) is 39.3. The fraction of sp³-hybridized carbons (Fsp3) is 0.720. The second-order valence-electron chi connectivity index (χ2n) is 15.7. The molecule has 352 valence electrons. The van der Waals surface area contributed by atoms with Crippen LogP contribution in [-0.4, -0.2) is 65.7 Å². The lowest BCUT2D eigenvalue weighted by Crippen LogP contribution is -2.28. The number of carbonyl (C=O) groups excluding carboxylic acids is 2. The van der Waals surface area contributed by atoms with Crippen LogP contribution < -0.4 is 0 Å². The maximum absolute atomic E-state index is 12.4. The minimum atomic E-state index is -4.65. The SMILES string of the molecule is CC/C=C\C/C=C\C/C=C\C/C=C\CCCCCCCCCCC(=O)OC(CO)COP(=O)(O)OCC(CO)OC(=O)CCCCCCCCC/C=C\C/C=C\CCCCC. The summed E-state index contributed by atoms with van der Waals surface area (Å²) in [6.07, 6.45) is 52.9. The third-order valence-electron chi connectivity index (χ3n) is 9.90. The minimum Gasteiger partial charge on any atom is -0.457 e. The van der Waals surface area contributed by atoms with E-state index in [0.717, 1.165) is 83.5 Å². The molecule has 0 fully saturated rings. The molecule has 0 aliphatic heterocycles. The Bertz CT molecular complexity index is 1240. The van der Waals surface area contributed by atoms with Gasteiger partial charge in [-0.25, -0.2) is 4.57 Å². The first-order chi connectivity index (χ1) is 29.8. The molecule has 0 bridgehead atoms. The molecule has 10 nitrogen and oxygen atoms in total. The molecule has 0 saturated carbocycles. The Morgan fingerprint density at radius 3 is 1.11 bits per heavy atom. The first-order valence-corrected chi connectivity index (χ1v) is 25.4. The van der Waals surface area contributed by atoms with E-state index >= 15 is 0 Å². The summed E-state index contributed by atoms with van der Waals surface area (Å²) >= 11 is 0. The molecule has 0 saturated heterocycles. The van der Waals surface area contributed by atoms with Gasteiger partial charge in [0.25, 0.3) is 0 Å². The van der Waals surface area contributed by atoms with E-state index < -0.39 is 58.4 Å². The van der Waals surface area contributed by atoms with E-state index in [0.29, 0.717) is 12.8 Å². The summed E-state index contributed by atoms with van der Waals surface area (Å²) in [5.41, 5.74) is 0. The Hall–Kier alpha value is -2.59. The van der Waals surface area contributed by atoms with Gasteiger partial charge in [-0.3, -0.25) is 18.6 Å². The lowest BCUT2D eigenvalue weighted by atomic mass is 10.1. The van der Waals surface area contributed by atoms with Gasteiger partial charge in [0.2, 0.25) is 0 Å². The molecular formula is C50H87O10P. The van der Waals surface area contributed by atoms with Crippen LogP contribution in [0.4, 0.5) is 0 Å². The Labute approximate surface area is 371 Å². The van der Waals surface area contributed by atoms with Gasteiger partial charge < -0.3 is 24.6 Å². The molecule has 11 heteroatoms. The first kappa shape index (κ1) is 58.4. The summed E-state index contributed by atoms with van der Waals surface area (Å²) in [6.45, 7) is 2.06. The number of unbranched alkanes of at least 4 members (excludes halogenated alkanes) is 18. The van der Waals surface area contributed by atoms with Crippen LogP contribution in [0.15, 0.2) is 72.9 Å². The molecule has 0 aliphatic carbocycles. The molecule has 0 rings (SSSR count). The number of phosphoric ester groups is 1. The van der Waals surface area contributed by atoms with Gasteiger partial charge in [-0.05, 0) is 83.5 Å². The molecule has 0 aliphatic rings. The predicted octanol–water partition coefficient (Wildman–Crippen LogP) is 13.2. The number of rotatable bonds is 44. The van der Waals surface area contributed by atoms with Crippen LogP contribution in [0.5, 0.6) is 0 Å². The maximum atomic E-state index is 12.4. The average molecular weight is 879 g/mol. The highest BCUT2D eigenvalue weighted by Gasteiger charge is 2.27. The van der Waals surface area contributed by atoms with Gasteiger partial charge in [-0.1, -0.05) is 170 Å². The van der Waals surface area contributed by atoms with Crippen molar-refractivity contribution in [1.29, 1.82) is 0 Å². The van der Waals surface area contributed by atoms with Gasteiger partial charge in [0.05, 0.1) is 26.4 Å². The van der Waals surface area contributed by atoms with Crippen molar-refractivity contribution in [1.82, 2.24) is 0 Å². The number of carbonyl (C=O) groups is 2. The molecule has 0 spiro atoms. The fourth-order valence-corrected chi connectivity index (χ4v) is 7.04. The summed E-state index contributed by atoms with van der Waals surface area (Å²) in [4.78, 5) is 34.6. The first-order valence-electron chi connectivity index (χ1n) is 23.9. The number of phosphoric acid groups is 1. The Balaban J connectivity index is 3.91. The van der Waals surface area contributed by atoms with E-state index in [1.165, 1.54) is 70.6 Å². The van der Waals surface area contributed by atoms with Gasteiger partial charge >= 0.3 is 19.8 Å². The standard InChI is InChI=1S/C50H87O10P/c1-3-5-7-9-11-13-15-17-19-21-22-23-24-26-28-30-32-34-36-38-40-42-50(54)60-48(44-52)46-58-61(55,56)57-45-47(43-51)59-49(53)41-39-37-35-33-31-29-27-25-20-18-16-14-12-10-8-6-4-2/h5,7,11-14,17-20,22-23,47-48,51-52H,3-4,6,8-10,15-16,21,24-46H2,1-2H3,(H,55,56)/b7-5-,13-11-,14-12-,19-17-,20-18-,23-22-. The van der Waals surface area contributed by atoms with Crippen LogP contribution in [0.25, 0.3) is 0 Å². The molecule has 0 amide bonds. The van der Waals surface area contributed by atoms with E-state index in [1.807, 2.05) is 0 Å². The third kappa shape index (κ3) is 43.8. The van der Waals surface area contributed by atoms with Crippen molar-refractivity contribution in [2.75, 3.05) is 26.4 Å². The third-order valence-corrected chi connectivity index (χ3v) is 10.9. The zero-order chi connectivity index (χ0) is 44.8. The molecule has 3 N–H and O–H groups in total. The predicted molar refractivity (Wildman–Crippen MR) is 251 cm³/mol. The van der Waals surface area contributed by atoms with Gasteiger partial charge in [0, 0.05) is 12.8 Å². The average Bonchev–Trinajstić information content (AvgIpc) is 3.25. The van der Waals surface area contributed by atoms with Crippen LogP contribution in [0.2, 0.25) is 0 Å². The molecule has 0 radical (unpaired) electrons. The summed E-state index contributed by atoms with van der Waals surface area (Å²) in [5, 5.41) is 19.2. The van der Waals surface area contributed by atoms with Crippen molar-refractivity contribution in [2.24, 2.45) is 0 Å². The molecule has 0 heterocycles. The molecule has 0 aromatic rings. The van der Waals surface area contributed by atoms with E-state index in [2.05, 4.69) is 86.8 Å². The van der Waals surface area contributed by atoms with Crippen LogP contribution in [-0.2, 0) is 32.7 Å². The van der Waals surface area contributed by atoms with Crippen molar-refractivity contribution in [2.45, 2.75) is 206 Å². The second kappa shape index (κ2) is 45.4. The lowest BCUT2D eigenvalue weighted by molar-refractivity contribution is -0.153. The van der Waals surface area contributed by atoms with E-state index in [9.17, 15) is 29.3 Å². The number of aliphatic hydroxyl groups excluding tert-OH is 2. The van der Waals surface area contributed by atoms with E-state index in [4.69, 9.17) is 18.5 Å². The highest BCUT2D eigenvalue weighted by atomic mass is 31.2. The Morgan fingerprint density at radius 1 is 0.459 bits per heavy atom. The van der Waals surface area contributed by atoms with Crippen LogP contribution in [0.3, 0.4) is 0 Å². The smallest absolute Gasteiger partial charge is 0.457 e. The lowest BCUT2D eigenvalue weighted by Gasteiger charge is -2.20. The summed E-state index contributed by atoms with van der Waals surface area (Å²) in [6, 6.07) is 0. The second-order valence-corrected chi connectivity index (χ2v) is 17.2. The van der Waals surface area contributed by atoms with Crippen LogP contribution in [0.1, 0.15) is 194 Å². The van der Waals surface area contributed by atoms with Gasteiger partial charge in [-0.15, -0.1) is 0 Å². The number of hydrogen-bond donors (Lipinski definition) is 3. The summed E-state index contributed by atoms with van der Waals surface area (Å²) in [7, 11) is -4.65. The van der Waals surface area contributed by atoms with Crippen molar-refractivity contribution in [3.05, 3.63) is 72.9 Å². The summed E-state index contributed by atoms with van der Waals surface area (Å²) < 4.78 is 32.7. The number of hydrogen-bond acceptors (Lipinski definition) is 9. The highest BCUT2D eigenvalue weighted by molar-refractivity contribution is 7.47. The zero-order valence-electron chi connectivity index (χ0n) is 38.4. The van der Waals surface area contributed by atoms with E-state index in [-0.39, 0.29) is 12.8 Å². The Kier molecular flexibility index (Phi) is 43.5. The molecule has 61 heavy (non-hydrogen) atoms. The molecule has 3 unspecified atom stereocenters. The van der Waals surface area contributed by atoms with Gasteiger partial charge in [0.15, 0.2) is 0 Å². The van der Waals surface area contributed by atoms with Crippen molar-refractivity contribution in [3.63, 3.8) is 0 Å². The van der Waals surface area contributed by atoms with Crippen molar-refractivity contribution >= 4 is 19.8 Å². The van der Waals surface area contributed by atoms with Crippen molar-refractivity contribution < 1.29 is 47.8 Å². The van der Waals surface area contributed by atoms with Crippen molar-refractivity contribution in [3.8, 4) is 0 Å². The van der Waals surface area contributed by atoms with Gasteiger partial charge in [-0.2, -0.15) is 0 Å².